The molecule has 5 rings (SSSR count). The number of aryl methyl sites for hydroxylation is 2. The topological polar surface area (TPSA) is 122 Å². The standard InChI is InChI=1S/C13H8N9O/c1-2-4-8-7(3-1)10-13(15-12-11(14-10)18-23-19-12)22(8)6-5-9-16-20-21-17-9/h1-4H,5-6H2/q-1. The Morgan fingerprint density at radius 1 is 1.09 bits per heavy atom. The highest BCUT2D eigenvalue weighted by Gasteiger charge is 2.16. The van der Waals surface area contributed by atoms with Crippen molar-refractivity contribution in [3.63, 3.8) is 0 Å². The molecule has 0 unspecified atom stereocenters. The zero-order chi connectivity index (χ0) is 15.2. The highest BCUT2D eigenvalue weighted by molar-refractivity contribution is 6.05. The zero-order valence-electron chi connectivity index (χ0n) is 11.7. The van der Waals surface area contributed by atoms with Crippen molar-refractivity contribution in [2.24, 2.45) is 0 Å². The van der Waals surface area contributed by atoms with Crippen molar-refractivity contribution in [3.05, 3.63) is 30.1 Å². The van der Waals surface area contributed by atoms with Gasteiger partial charge in [0.2, 0.25) is 11.3 Å². The van der Waals surface area contributed by atoms with Gasteiger partial charge in [0.1, 0.15) is 5.52 Å². The maximum absolute atomic E-state index is 4.71. The summed E-state index contributed by atoms with van der Waals surface area (Å²) in [6, 6.07) is 7.97. The summed E-state index contributed by atoms with van der Waals surface area (Å²) >= 11 is 0. The number of para-hydroxylation sites is 1. The van der Waals surface area contributed by atoms with Crippen LogP contribution < -0.4 is 5.10 Å². The van der Waals surface area contributed by atoms with E-state index in [-0.39, 0.29) is 0 Å². The fraction of sp³-hybridized carbons (Fsp3) is 0.154. The van der Waals surface area contributed by atoms with Crippen LogP contribution in [0.1, 0.15) is 5.82 Å². The maximum atomic E-state index is 4.71. The second-order valence-corrected chi connectivity index (χ2v) is 5.02. The van der Waals surface area contributed by atoms with Gasteiger partial charge in [0.15, 0.2) is 5.65 Å². The number of rotatable bonds is 3. The van der Waals surface area contributed by atoms with Crippen LogP contribution in [-0.4, -0.2) is 40.4 Å². The van der Waals surface area contributed by atoms with Crippen molar-refractivity contribution in [2.45, 2.75) is 13.0 Å². The number of fused-ring (bicyclic) bond motifs is 4. The van der Waals surface area contributed by atoms with Crippen LogP contribution in [-0.2, 0) is 13.0 Å². The third kappa shape index (κ3) is 1.78. The van der Waals surface area contributed by atoms with E-state index in [1.807, 2.05) is 24.3 Å². The highest BCUT2D eigenvalue weighted by atomic mass is 16.6. The Hall–Kier alpha value is -3.43. The van der Waals surface area contributed by atoms with Crippen LogP contribution in [0.4, 0.5) is 0 Å². The van der Waals surface area contributed by atoms with Crippen LogP contribution >= 0.6 is 0 Å². The summed E-state index contributed by atoms with van der Waals surface area (Å²) in [7, 11) is 0. The fourth-order valence-corrected chi connectivity index (χ4v) is 2.72. The van der Waals surface area contributed by atoms with Crippen molar-refractivity contribution in [1.29, 1.82) is 0 Å². The molecule has 23 heavy (non-hydrogen) atoms. The second kappa shape index (κ2) is 4.53. The SMILES string of the molecule is c1ccc2c(c1)c1nc3nonc3nc1n2CCc1nnn[n-]1. The summed E-state index contributed by atoms with van der Waals surface area (Å²) in [5.41, 5.74) is 3.30. The molecule has 0 saturated carbocycles. The van der Waals surface area contributed by atoms with E-state index in [0.29, 0.717) is 30.1 Å². The van der Waals surface area contributed by atoms with Crippen LogP contribution in [0.2, 0.25) is 0 Å². The van der Waals surface area contributed by atoms with E-state index >= 15 is 0 Å². The summed E-state index contributed by atoms with van der Waals surface area (Å²) in [5.74, 6) is 0.591. The van der Waals surface area contributed by atoms with Gasteiger partial charge in [-0.15, -0.1) is 0 Å². The van der Waals surface area contributed by atoms with Crippen molar-refractivity contribution >= 4 is 33.4 Å². The van der Waals surface area contributed by atoms with Crippen LogP contribution in [0, 0.1) is 0 Å². The Balaban J connectivity index is 1.76. The maximum Gasteiger partial charge on any atom is 0.245 e. The van der Waals surface area contributed by atoms with Crippen molar-refractivity contribution in [1.82, 2.24) is 45.5 Å². The number of hydrogen-bond acceptors (Lipinski definition) is 8. The Morgan fingerprint density at radius 3 is 2.83 bits per heavy atom. The number of benzene rings is 1. The van der Waals surface area contributed by atoms with Gasteiger partial charge in [-0.05, 0) is 22.8 Å². The van der Waals surface area contributed by atoms with Crippen molar-refractivity contribution in [3.8, 4) is 0 Å². The molecule has 0 amide bonds. The normalized spacial score (nSPS) is 11.8. The molecule has 10 nitrogen and oxygen atoms in total. The number of nitrogens with zero attached hydrogens (tertiary/aromatic N) is 9. The number of tetrazole rings is 1. The smallest absolute Gasteiger partial charge is 0.245 e. The van der Waals surface area contributed by atoms with E-state index < -0.39 is 0 Å². The van der Waals surface area contributed by atoms with E-state index in [9.17, 15) is 0 Å². The first kappa shape index (κ1) is 12.1. The van der Waals surface area contributed by atoms with E-state index in [4.69, 9.17) is 4.63 Å². The molecular weight excluding hydrogens is 298 g/mol. The summed E-state index contributed by atoms with van der Waals surface area (Å²) < 4.78 is 6.76. The molecule has 0 spiro atoms. The summed E-state index contributed by atoms with van der Waals surface area (Å²) in [4.78, 5) is 9.06. The van der Waals surface area contributed by atoms with Gasteiger partial charge < -0.3 is 9.67 Å². The Morgan fingerprint density at radius 2 is 1.96 bits per heavy atom. The van der Waals surface area contributed by atoms with E-state index in [2.05, 4.69) is 45.5 Å². The van der Waals surface area contributed by atoms with Gasteiger partial charge in [-0.1, -0.05) is 18.2 Å². The van der Waals surface area contributed by atoms with E-state index in [0.717, 1.165) is 22.1 Å². The molecular formula is C13H8N9O-. The molecule has 0 bridgehead atoms. The van der Waals surface area contributed by atoms with Gasteiger partial charge in [-0.2, -0.15) is 5.21 Å². The lowest BCUT2D eigenvalue weighted by Gasteiger charge is -2.06. The number of aromatic nitrogens is 9. The van der Waals surface area contributed by atoms with Crippen molar-refractivity contribution in [2.75, 3.05) is 0 Å². The Kier molecular flexibility index (Phi) is 2.39. The molecule has 0 atom stereocenters. The van der Waals surface area contributed by atoms with Crippen LogP contribution in [0.15, 0.2) is 28.9 Å². The molecule has 0 radical (unpaired) electrons. The van der Waals surface area contributed by atoms with Crippen LogP contribution in [0.25, 0.3) is 33.4 Å². The average molecular weight is 306 g/mol. The summed E-state index contributed by atoms with van der Waals surface area (Å²) in [5, 5.41) is 23.3. The lowest BCUT2D eigenvalue weighted by molar-refractivity contribution is 0.314. The third-order valence-electron chi connectivity index (χ3n) is 3.72. The Bertz CT molecular complexity index is 1120. The predicted molar refractivity (Wildman–Crippen MR) is 77.2 cm³/mol. The minimum atomic E-state index is 0.384. The molecule has 4 aromatic heterocycles. The predicted octanol–water partition coefficient (Wildman–Crippen LogP) is 0.506. The van der Waals surface area contributed by atoms with Gasteiger partial charge in [-0.3, -0.25) is 10.3 Å². The van der Waals surface area contributed by atoms with Crippen LogP contribution in [0.3, 0.4) is 0 Å². The van der Waals surface area contributed by atoms with Gasteiger partial charge in [-0.25, -0.2) is 14.6 Å². The van der Waals surface area contributed by atoms with Gasteiger partial charge >= 0.3 is 0 Å². The minimum absolute atomic E-state index is 0.384. The fourth-order valence-electron chi connectivity index (χ4n) is 2.72. The minimum Gasteiger partial charge on any atom is -0.335 e. The molecule has 0 N–H and O–H groups in total. The van der Waals surface area contributed by atoms with E-state index in [1.54, 1.807) is 0 Å². The van der Waals surface area contributed by atoms with E-state index in [1.165, 1.54) is 0 Å². The zero-order valence-corrected chi connectivity index (χ0v) is 11.7. The summed E-state index contributed by atoms with van der Waals surface area (Å²) in [6.07, 6.45) is 0.595. The largest absolute Gasteiger partial charge is 0.335 e. The second-order valence-electron chi connectivity index (χ2n) is 5.02. The molecule has 4 heterocycles. The molecule has 0 aliphatic heterocycles. The molecule has 0 fully saturated rings. The van der Waals surface area contributed by atoms with Crippen molar-refractivity contribution < 1.29 is 4.63 Å². The Labute approximate surface area is 127 Å². The lowest BCUT2D eigenvalue weighted by atomic mass is 10.2. The average Bonchev–Trinajstić information content (AvgIpc) is 3.30. The molecule has 112 valence electrons. The molecule has 1 aromatic carbocycles. The molecule has 0 aliphatic carbocycles. The first-order valence-electron chi connectivity index (χ1n) is 6.95. The summed E-state index contributed by atoms with van der Waals surface area (Å²) in [6.45, 7) is 0.628. The number of hydrogen-bond donors (Lipinski definition) is 0. The molecule has 0 aliphatic rings. The van der Waals surface area contributed by atoms with Gasteiger partial charge in [0, 0.05) is 17.8 Å². The molecule has 0 saturated heterocycles. The third-order valence-corrected chi connectivity index (χ3v) is 3.72. The first-order chi connectivity index (χ1) is 11.4. The lowest BCUT2D eigenvalue weighted by Crippen LogP contribution is -2.04. The molecule has 10 heteroatoms. The highest BCUT2D eigenvalue weighted by Crippen LogP contribution is 2.27. The first-order valence-corrected chi connectivity index (χ1v) is 6.95. The van der Waals surface area contributed by atoms with Crippen LogP contribution in [0.5, 0.6) is 0 Å². The van der Waals surface area contributed by atoms with Gasteiger partial charge in [0.25, 0.3) is 0 Å². The van der Waals surface area contributed by atoms with Gasteiger partial charge in [0.05, 0.1) is 5.52 Å². The molecule has 5 aromatic rings. The monoisotopic (exact) mass is 306 g/mol. The quantitative estimate of drug-likeness (QED) is 0.469.